The van der Waals surface area contributed by atoms with Crippen LogP contribution in [0.4, 0.5) is 0 Å². The number of nitrogens with zero attached hydrogens (tertiary/aromatic N) is 1. The number of ether oxygens (including phenoxy) is 1. The quantitative estimate of drug-likeness (QED) is 0.836. The highest BCUT2D eigenvalue weighted by Gasteiger charge is 2.39. The van der Waals surface area contributed by atoms with Gasteiger partial charge in [-0.25, -0.2) is 8.42 Å². The van der Waals surface area contributed by atoms with Crippen LogP contribution in [0.2, 0.25) is 5.02 Å². The summed E-state index contributed by atoms with van der Waals surface area (Å²) < 4.78 is 33.2. The second-order valence-electron chi connectivity index (χ2n) is 7.25. The molecule has 2 atom stereocenters. The fourth-order valence-electron chi connectivity index (χ4n) is 3.29. The van der Waals surface area contributed by atoms with Crippen LogP contribution in [0.5, 0.6) is 5.75 Å². The van der Waals surface area contributed by atoms with Crippen molar-refractivity contribution in [1.82, 2.24) is 4.31 Å². The minimum Gasteiger partial charge on any atom is -0.489 e. The topological polar surface area (TPSA) is 72.6 Å². The number of hydrogen-bond donors (Lipinski definition) is 1. The van der Waals surface area contributed by atoms with Gasteiger partial charge in [-0.3, -0.25) is 0 Å². The van der Waals surface area contributed by atoms with Crippen LogP contribution < -0.4 is 10.5 Å². The summed E-state index contributed by atoms with van der Waals surface area (Å²) in [7, 11) is -3.58. The molecule has 0 radical (unpaired) electrons. The largest absolute Gasteiger partial charge is 0.489 e. The SMILES string of the molecule is CC1Cc2cc(S(=O)(=O)N3CCC(N)C(C)(C)C3)cc(Cl)c2O1.Cl. The molecule has 0 amide bonds. The fraction of sp³-hybridized carbons (Fsp3) is 0.625. The zero-order valence-electron chi connectivity index (χ0n) is 14.1. The highest BCUT2D eigenvalue weighted by Crippen LogP contribution is 2.39. The Kier molecular flexibility index (Phi) is 5.48. The van der Waals surface area contributed by atoms with Gasteiger partial charge in [-0.15, -0.1) is 12.4 Å². The molecule has 24 heavy (non-hydrogen) atoms. The summed E-state index contributed by atoms with van der Waals surface area (Å²) in [4.78, 5) is 0.241. The Morgan fingerprint density at radius 1 is 1.38 bits per heavy atom. The van der Waals surface area contributed by atoms with Crippen molar-refractivity contribution in [1.29, 1.82) is 0 Å². The van der Waals surface area contributed by atoms with E-state index in [4.69, 9.17) is 22.1 Å². The van der Waals surface area contributed by atoms with Gasteiger partial charge in [0.15, 0.2) is 0 Å². The Morgan fingerprint density at radius 2 is 2.04 bits per heavy atom. The molecule has 2 aliphatic rings. The average molecular weight is 395 g/mol. The maximum atomic E-state index is 13.0. The molecule has 0 aromatic heterocycles. The Balaban J connectivity index is 0.00000208. The van der Waals surface area contributed by atoms with Gasteiger partial charge >= 0.3 is 0 Å². The minimum absolute atomic E-state index is 0. The zero-order valence-corrected chi connectivity index (χ0v) is 16.5. The van der Waals surface area contributed by atoms with E-state index in [1.165, 1.54) is 10.4 Å². The first-order chi connectivity index (χ1) is 10.6. The molecule has 2 N–H and O–H groups in total. The summed E-state index contributed by atoms with van der Waals surface area (Å²) in [5.74, 6) is 0.610. The molecule has 0 aliphatic carbocycles. The van der Waals surface area contributed by atoms with Crippen LogP contribution in [0.25, 0.3) is 0 Å². The third kappa shape index (κ3) is 3.40. The molecule has 2 heterocycles. The van der Waals surface area contributed by atoms with Crippen LogP contribution in [0, 0.1) is 5.41 Å². The Labute approximate surface area is 154 Å². The van der Waals surface area contributed by atoms with Gasteiger partial charge in [0.25, 0.3) is 0 Å². The molecule has 136 valence electrons. The molecule has 2 unspecified atom stereocenters. The summed E-state index contributed by atoms with van der Waals surface area (Å²) in [6.07, 6.45) is 1.35. The first kappa shape index (κ1) is 19.8. The zero-order chi connectivity index (χ0) is 17.0. The van der Waals surface area contributed by atoms with Crippen LogP contribution >= 0.6 is 24.0 Å². The number of halogens is 2. The Morgan fingerprint density at radius 3 is 2.67 bits per heavy atom. The van der Waals surface area contributed by atoms with E-state index >= 15 is 0 Å². The third-order valence-electron chi connectivity index (χ3n) is 4.84. The molecule has 0 saturated carbocycles. The van der Waals surface area contributed by atoms with E-state index in [0.29, 0.717) is 36.7 Å². The summed E-state index contributed by atoms with van der Waals surface area (Å²) in [6.45, 7) is 6.81. The summed E-state index contributed by atoms with van der Waals surface area (Å²) >= 11 is 6.24. The van der Waals surface area contributed by atoms with E-state index in [2.05, 4.69) is 0 Å². The van der Waals surface area contributed by atoms with Crippen molar-refractivity contribution in [2.45, 2.75) is 50.7 Å². The molecule has 1 fully saturated rings. The lowest BCUT2D eigenvalue weighted by molar-refractivity contribution is 0.155. The summed E-state index contributed by atoms with van der Waals surface area (Å²) in [6, 6.07) is 3.20. The highest BCUT2D eigenvalue weighted by atomic mass is 35.5. The molecule has 1 saturated heterocycles. The van der Waals surface area contributed by atoms with Crippen LogP contribution in [0.1, 0.15) is 32.8 Å². The van der Waals surface area contributed by atoms with Gasteiger partial charge in [-0.1, -0.05) is 25.4 Å². The van der Waals surface area contributed by atoms with Crippen molar-refractivity contribution >= 4 is 34.0 Å². The Bertz CT molecular complexity index is 737. The molecule has 0 spiro atoms. The van der Waals surface area contributed by atoms with Crippen molar-refractivity contribution in [2.75, 3.05) is 13.1 Å². The lowest BCUT2D eigenvalue weighted by Crippen LogP contribution is -2.53. The maximum absolute atomic E-state index is 13.0. The van der Waals surface area contributed by atoms with Crippen LogP contribution in [0.3, 0.4) is 0 Å². The van der Waals surface area contributed by atoms with E-state index in [9.17, 15) is 8.42 Å². The van der Waals surface area contributed by atoms with Crippen molar-refractivity contribution in [2.24, 2.45) is 11.1 Å². The van der Waals surface area contributed by atoms with Gasteiger partial charge in [0.2, 0.25) is 10.0 Å². The standard InChI is InChI=1S/C16H23ClN2O3S.ClH/c1-10-6-11-7-12(8-13(17)15(11)22-10)23(20,21)19-5-4-14(18)16(2,3)9-19;/h7-8,10,14H,4-6,9,18H2,1-3H3;1H. The molecule has 8 heteroatoms. The van der Waals surface area contributed by atoms with Crippen molar-refractivity contribution in [3.63, 3.8) is 0 Å². The van der Waals surface area contributed by atoms with Gasteiger partial charge in [0.05, 0.1) is 9.92 Å². The van der Waals surface area contributed by atoms with Gasteiger partial charge in [-0.2, -0.15) is 4.31 Å². The number of piperidine rings is 1. The second-order valence-corrected chi connectivity index (χ2v) is 9.59. The lowest BCUT2D eigenvalue weighted by atomic mass is 9.81. The number of rotatable bonds is 2. The average Bonchev–Trinajstić information content (AvgIpc) is 2.82. The van der Waals surface area contributed by atoms with Gasteiger partial charge in [-0.05, 0) is 30.9 Å². The number of sulfonamides is 1. The van der Waals surface area contributed by atoms with Gasteiger partial charge in [0.1, 0.15) is 11.9 Å². The molecule has 3 rings (SSSR count). The molecule has 0 bridgehead atoms. The van der Waals surface area contributed by atoms with Gasteiger partial charge in [0, 0.05) is 31.1 Å². The fourth-order valence-corrected chi connectivity index (χ4v) is 5.34. The van der Waals surface area contributed by atoms with Crippen molar-refractivity contribution in [3.05, 3.63) is 22.7 Å². The monoisotopic (exact) mass is 394 g/mol. The molecule has 1 aromatic rings. The van der Waals surface area contributed by atoms with E-state index in [0.717, 1.165) is 5.56 Å². The maximum Gasteiger partial charge on any atom is 0.243 e. The predicted octanol–water partition coefficient (Wildman–Crippen LogP) is 2.83. The highest BCUT2D eigenvalue weighted by molar-refractivity contribution is 7.89. The second kappa shape index (κ2) is 6.65. The first-order valence-electron chi connectivity index (χ1n) is 7.86. The smallest absolute Gasteiger partial charge is 0.243 e. The number of fused-ring (bicyclic) bond motifs is 1. The van der Waals surface area contributed by atoms with Crippen LogP contribution in [-0.2, 0) is 16.4 Å². The predicted molar refractivity (Wildman–Crippen MR) is 97.6 cm³/mol. The molecular formula is C16H24Cl2N2O3S. The summed E-state index contributed by atoms with van der Waals surface area (Å²) in [5.41, 5.74) is 6.72. The van der Waals surface area contributed by atoms with Gasteiger partial charge < -0.3 is 10.5 Å². The van der Waals surface area contributed by atoms with Crippen molar-refractivity contribution < 1.29 is 13.2 Å². The normalized spacial score (nSPS) is 26.4. The number of nitrogens with two attached hydrogens (primary N) is 1. The van der Waals surface area contributed by atoms with E-state index < -0.39 is 10.0 Å². The minimum atomic E-state index is -3.58. The molecule has 1 aromatic carbocycles. The van der Waals surface area contributed by atoms with E-state index in [1.807, 2.05) is 20.8 Å². The lowest BCUT2D eigenvalue weighted by Gasteiger charge is -2.41. The number of hydrogen-bond acceptors (Lipinski definition) is 4. The van der Waals surface area contributed by atoms with E-state index in [1.54, 1.807) is 6.07 Å². The first-order valence-corrected chi connectivity index (χ1v) is 9.68. The Hall–Kier alpha value is -0.530. The number of benzene rings is 1. The van der Waals surface area contributed by atoms with Crippen LogP contribution in [-0.4, -0.2) is 38.0 Å². The van der Waals surface area contributed by atoms with Crippen LogP contribution in [0.15, 0.2) is 17.0 Å². The summed E-state index contributed by atoms with van der Waals surface area (Å²) in [5, 5.41) is 0.360. The molecular weight excluding hydrogens is 371 g/mol. The molecule has 5 nitrogen and oxygen atoms in total. The van der Waals surface area contributed by atoms with E-state index in [-0.39, 0.29) is 34.9 Å². The molecule has 2 aliphatic heterocycles. The van der Waals surface area contributed by atoms with Crippen molar-refractivity contribution in [3.8, 4) is 5.75 Å². The third-order valence-corrected chi connectivity index (χ3v) is 6.94.